The van der Waals surface area contributed by atoms with Crippen molar-refractivity contribution in [2.75, 3.05) is 6.54 Å². The number of thiazole rings is 1. The maximum atomic E-state index is 12.6. The van der Waals surface area contributed by atoms with E-state index in [1.165, 1.54) is 0 Å². The molecule has 0 saturated carbocycles. The van der Waals surface area contributed by atoms with Gasteiger partial charge < -0.3 is 10.2 Å². The monoisotopic (exact) mass is 358 g/mol. The van der Waals surface area contributed by atoms with Crippen LogP contribution in [0.1, 0.15) is 36.7 Å². The molecule has 0 spiro atoms. The van der Waals surface area contributed by atoms with Gasteiger partial charge >= 0.3 is 6.03 Å². The molecule has 0 unspecified atom stereocenters. The van der Waals surface area contributed by atoms with Crippen molar-refractivity contribution in [3.63, 3.8) is 0 Å². The van der Waals surface area contributed by atoms with Crippen LogP contribution in [0.5, 0.6) is 0 Å². The molecule has 2 N–H and O–H groups in total. The van der Waals surface area contributed by atoms with E-state index in [1.807, 2.05) is 29.2 Å². The second-order valence-electron chi connectivity index (χ2n) is 6.32. The molecule has 8 heteroatoms. The Hall–Kier alpha value is -2.48. The number of aromatic nitrogens is 1. The van der Waals surface area contributed by atoms with E-state index in [9.17, 15) is 14.4 Å². The smallest absolute Gasteiger partial charge is 0.322 e. The Morgan fingerprint density at radius 2 is 2.16 bits per heavy atom. The summed E-state index contributed by atoms with van der Waals surface area (Å²) < 4.78 is 1.13. The highest BCUT2D eigenvalue weighted by atomic mass is 32.1. The van der Waals surface area contributed by atoms with Crippen molar-refractivity contribution in [2.24, 2.45) is 0 Å². The number of nitrogens with zero attached hydrogens (tertiary/aromatic N) is 2. The first-order valence-electron chi connectivity index (χ1n) is 8.38. The van der Waals surface area contributed by atoms with Crippen molar-refractivity contribution in [1.82, 2.24) is 20.5 Å². The third-order valence-corrected chi connectivity index (χ3v) is 5.81. The lowest BCUT2D eigenvalue weighted by molar-refractivity contribution is -0.132. The van der Waals surface area contributed by atoms with E-state index in [2.05, 4.69) is 10.6 Å². The Labute approximate surface area is 148 Å². The number of hydrogen-bond donors (Lipinski definition) is 2. The summed E-state index contributed by atoms with van der Waals surface area (Å²) in [7, 11) is 0. The van der Waals surface area contributed by atoms with Crippen LogP contribution in [0, 0.1) is 0 Å². The predicted molar refractivity (Wildman–Crippen MR) is 93.0 cm³/mol. The molecule has 130 valence electrons. The fraction of sp³-hybridized carbons (Fsp3) is 0.412. The van der Waals surface area contributed by atoms with E-state index >= 15 is 0 Å². The molecule has 2 saturated heterocycles. The minimum Gasteiger partial charge on any atom is -0.333 e. The van der Waals surface area contributed by atoms with Crippen LogP contribution in [0.4, 0.5) is 4.79 Å². The summed E-state index contributed by atoms with van der Waals surface area (Å²) in [6.07, 6.45) is 2.42. The molecule has 4 rings (SSSR count). The molecule has 4 amide bonds. The topological polar surface area (TPSA) is 91.4 Å². The van der Waals surface area contributed by atoms with Gasteiger partial charge in [-0.25, -0.2) is 9.78 Å². The van der Waals surface area contributed by atoms with Crippen LogP contribution in [-0.2, 0) is 9.59 Å². The molecule has 0 aliphatic carbocycles. The van der Waals surface area contributed by atoms with Crippen LogP contribution in [0.2, 0.25) is 0 Å². The zero-order chi connectivity index (χ0) is 17.4. The fourth-order valence-electron chi connectivity index (χ4n) is 3.43. The van der Waals surface area contributed by atoms with Crippen molar-refractivity contribution in [2.45, 2.75) is 37.8 Å². The van der Waals surface area contributed by atoms with Crippen LogP contribution in [-0.4, -0.2) is 40.3 Å². The first kappa shape index (κ1) is 16.0. The van der Waals surface area contributed by atoms with Gasteiger partial charge in [-0.3, -0.25) is 14.9 Å². The lowest BCUT2D eigenvalue weighted by atomic mass is 10.1. The quantitative estimate of drug-likeness (QED) is 0.817. The number of carbonyl (C=O) groups excluding carboxylic acids is 3. The van der Waals surface area contributed by atoms with Gasteiger partial charge in [-0.2, -0.15) is 0 Å². The summed E-state index contributed by atoms with van der Waals surface area (Å²) in [5.41, 5.74) is 0.965. The number of nitrogens with one attached hydrogen (secondary N) is 2. The van der Waals surface area contributed by atoms with Gasteiger partial charge in [-0.05, 0) is 31.4 Å². The second-order valence-corrected chi connectivity index (χ2v) is 7.38. The van der Waals surface area contributed by atoms with Crippen LogP contribution in [0.25, 0.3) is 10.2 Å². The first-order valence-corrected chi connectivity index (χ1v) is 9.20. The summed E-state index contributed by atoms with van der Waals surface area (Å²) in [6, 6.07) is 6.89. The second kappa shape index (κ2) is 6.44. The summed E-state index contributed by atoms with van der Waals surface area (Å²) >= 11 is 1.63. The minimum atomic E-state index is -0.611. The number of fused-ring (bicyclic) bond motifs is 1. The normalized spacial score (nSPS) is 23.1. The van der Waals surface area contributed by atoms with Gasteiger partial charge in [0.15, 0.2) is 0 Å². The molecule has 1 aromatic heterocycles. The molecule has 7 nitrogen and oxygen atoms in total. The van der Waals surface area contributed by atoms with E-state index in [4.69, 9.17) is 4.98 Å². The maximum absolute atomic E-state index is 12.6. The fourth-order valence-corrected chi connectivity index (χ4v) is 4.54. The van der Waals surface area contributed by atoms with Crippen LogP contribution < -0.4 is 10.6 Å². The molecule has 3 heterocycles. The zero-order valence-corrected chi connectivity index (χ0v) is 14.3. The highest BCUT2D eigenvalue weighted by Crippen LogP contribution is 2.36. The number of likely N-dealkylation sites (tertiary alicyclic amines) is 1. The standard InChI is InChI=1S/C17H18N4O3S/c22-14(8-7-11-15(23)20-17(24)19-11)21-9-3-5-12(21)16-18-10-4-1-2-6-13(10)25-16/h1-2,4,6,11-12H,3,5,7-9H2,(H2,19,20,23,24)/t11-,12-/m0/s1. The SMILES string of the molecule is O=C1NC(=O)[C@H](CCC(=O)N2CCC[C@H]2c2nc3ccccc3s2)N1. The Balaban J connectivity index is 1.44. The van der Waals surface area contributed by atoms with Crippen LogP contribution >= 0.6 is 11.3 Å². The number of amides is 4. The predicted octanol–water partition coefficient (Wildman–Crippen LogP) is 1.95. The van der Waals surface area contributed by atoms with Crippen molar-refractivity contribution in [3.05, 3.63) is 29.3 Å². The number of para-hydroxylation sites is 1. The highest BCUT2D eigenvalue weighted by Gasteiger charge is 2.34. The van der Waals surface area contributed by atoms with Gasteiger partial charge in [-0.1, -0.05) is 12.1 Å². The van der Waals surface area contributed by atoms with Crippen molar-refractivity contribution in [1.29, 1.82) is 0 Å². The highest BCUT2D eigenvalue weighted by molar-refractivity contribution is 7.18. The summed E-state index contributed by atoms with van der Waals surface area (Å²) in [5, 5.41) is 5.69. The lowest BCUT2D eigenvalue weighted by Gasteiger charge is -2.23. The molecule has 0 bridgehead atoms. The van der Waals surface area contributed by atoms with Gasteiger partial charge in [0.1, 0.15) is 11.0 Å². The largest absolute Gasteiger partial charge is 0.333 e. The maximum Gasteiger partial charge on any atom is 0.322 e. The molecule has 0 radical (unpaired) electrons. The number of hydrogen-bond acceptors (Lipinski definition) is 5. The number of benzene rings is 1. The van der Waals surface area contributed by atoms with Gasteiger partial charge in [0.25, 0.3) is 5.91 Å². The zero-order valence-electron chi connectivity index (χ0n) is 13.5. The van der Waals surface area contributed by atoms with E-state index in [1.54, 1.807) is 11.3 Å². The Morgan fingerprint density at radius 1 is 1.32 bits per heavy atom. The minimum absolute atomic E-state index is 0.00991. The molecule has 2 fully saturated rings. The summed E-state index contributed by atoms with van der Waals surface area (Å²) in [6.45, 7) is 0.711. The third-order valence-electron chi connectivity index (χ3n) is 4.67. The van der Waals surface area contributed by atoms with Gasteiger partial charge in [0.05, 0.1) is 16.3 Å². The molecule has 2 aromatic rings. The number of carbonyl (C=O) groups is 3. The first-order chi connectivity index (χ1) is 12.1. The molecule has 2 atom stereocenters. The van der Waals surface area contributed by atoms with Crippen molar-refractivity contribution < 1.29 is 14.4 Å². The summed E-state index contributed by atoms with van der Waals surface area (Å²) in [4.78, 5) is 41.9. The molecular formula is C17H18N4O3S. The number of rotatable bonds is 4. The van der Waals surface area contributed by atoms with Gasteiger partial charge in [-0.15, -0.1) is 11.3 Å². The van der Waals surface area contributed by atoms with Crippen molar-refractivity contribution >= 4 is 39.4 Å². The lowest BCUT2D eigenvalue weighted by Crippen LogP contribution is -2.34. The average molecular weight is 358 g/mol. The molecule has 25 heavy (non-hydrogen) atoms. The van der Waals surface area contributed by atoms with E-state index in [-0.39, 0.29) is 24.3 Å². The van der Waals surface area contributed by atoms with Crippen LogP contribution in [0.15, 0.2) is 24.3 Å². The molecule has 2 aliphatic rings. The Bertz CT molecular complexity index is 816. The number of imide groups is 1. The van der Waals surface area contributed by atoms with Crippen molar-refractivity contribution in [3.8, 4) is 0 Å². The van der Waals surface area contributed by atoms with E-state index in [0.717, 1.165) is 28.1 Å². The van der Waals surface area contributed by atoms with E-state index in [0.29, 0.717) is 13.0 Å². The third kappa shape index (κ3) is 3.09. The molecular weight excluding hydrogens is 340 g/mol. The Morgan fingerprint density at radius 3 is 2.92 bits per heavy atom. The van der Waals surface area contributed by atoms with E-state index < -0.39 is 12.1 Å². The summed E-state index contributed by atoms with van der Waals surface area (Å²) in [5.74, 6) is -0.349. The Kier molecular flexibility index (Phi) is 4.12. The molecule has 1 aromatic carbocycles. The average Bonchev–Trinajstić information content (AvgIpc) is 3.29. The molecule has 2 aliphatic heterocycles. The number of urea groups is 1. The van der Waals surface area contributed by atoms with Gasteiger partial charge in [0, 0.05) is 13.0 Å². The van der Waals surface area contributed by atoms with Gasteiger partial charge in [0.2, 0.25) is 5.91 Å². The van der Waals surface area contributed by atoms with Crippen LogP contribution in [0.3, 0.4) is 0 Å².